The quantitative estimate of drug-likeness (QED) is 0.927. The summed E-state index contributed by atoms with van der Waals surface area (Å²) in [4.78, 5) is 24.5. The maximum atomic E-state index is 12.6. The fourth-order valence-electron chi connectivity index (χ4n) is 2.85. The van der Waals surface area contributed by atoms with Crippen LogP contribution in [0, 0.1) is 6.92 Å². The third-order valence-corrected chi connectivity index (χ3v) is 4.05. The van der Waals surface area contributed by atoms with Crippen molar-refractivity contribution in [3.63, 3.8) is 0 Å². The molecule has 0 aliphatic carbocycles. The summed E-state index contributed by atoms with van der Waals surface area (Å²) < 4.78 is 37.9. The number of nitrogens with one attached hydrogen (secondary N) is 1. The molecule has 0 aromatic heterocycles. The maximum Gasteiger partial charge on any atom is 0.471 e. The van der Waals surface area contributed by atoms with Crippen molar-refractivity contribution in [2.75, 3.05) is 11.9 Å². The summed E-state index contributed by atoms with van der Waals surface area (Å²) in [5, 5.41) is 2.71. The van der Waals surface area contributed by atoms with Crippen molar-refractivity contribution in [2.24, 2.45) is 0 Å². The molecule has 1 aliphatic heterocycles. The summed E-state index contributed by atoms with van der Waals surface area (Å²) in [6.45, 7) is 3.70. The number of carbonyl (C=O) groups excluding carboxylic acids is 2. The molecule has 1 fully saturated rings. The number of carbonyl (C=O) groups is 2. The SMILES string of the molecule is CCc1cccc(C)c1NC(=O)C1CCCN1C(=O)C(F)(F)F. The Hall–Kier alpha value is -2.05. The van der Waals surface area contributed by atoms with E-state index in [1.165, 1.54) is 0 Å². The van der Waals surface area contributed by atoms with Crippen LogP contribution in [0.5, 0.6) is 0 Å². The first kappa shape index (κ1) is 17.3. The Balaban J connectivity index is 2.19. The fourth-order valence-corrected chi connectivity index (χ4v) is 2.85. The van der Waals surface area contributed by atoms with E-state index in [9.17, 15) is 22.8 Å². The van der Waals surface area contributed by atoms with Crippen LogP contribution in [0.4, 0.5) is 18.9 Å². The van der Waals surface area contributed by atoms with Gasteiger partial charge in [0.05, 0.1) is 0 Å². The molecule has 1 aromatic rings. The third-order valence-electron chi connectivity index (χ3n) is 4.05. The predicted molar refractivity (Wildman–Crippen MR) is 80.0 cm³/mol. The van der Waals surface area contributed by atoms with Gasteiger partial charge < -0.3 is 10.2 Å². The van der Waals surface area contributed by atoms with Crippen LogP contribution in [0.2, 0.25) is 0 Å². The van der Waals surface area contributed by atoms with Gasteiger partial charge in [0.25, 0.3) is 0 Å². The van der Waals surface area contributed by atoms with E-state index in [2.05, 4.69) is 5.32 Å². The summed E-state index contributed by atoms with van der Waals surface area (Å²) in [6.07, 6.45) is -3.65. The molecular weight excluding hydrogens is 309 g/mol. The first-order chi connectivity index (χ1) is 10.8. The van der Waals surface area contributed by atoms with E-state index in [-0.39, 0.29) is 13.0 Å². The van der Waals surface area contributed by atoms with Gasteiger partial charge in [-0.25, -0.2) is 0 Å². The second-order valence-electron chi connectivity index (χ2n) is 5.61. The number of benzene rings is 1. The van der Waals surface area contributed by atoms with Gasteiger partial charge in [-0.2, -0.15) is 13.2 Å². The summed E-state index contributed by atoms with van der Waals surface area (Å²) in [6, 6.07) is 4.46. The second kappa shape index (κ2) is 6.60. The van der Waals surface area contributed by atoms with Crippen molar-refractivity contribution in [1.82, 2.24) is 4.90 Å². The molecule has 1 heterocycles. The maximum absolute atomic E-state index is 12.6. The minimum absolute atomic E-state index is 0.0508. The molecule has 7 heteroatoms. The molecule has 0 spiro atoms. The third kappa shape index (κ3) is 3.65. The van der Waals surface area contributed by atoms with Crippen LogP contribution < -0.4 is 5.32 Å². The first-order valence-electron chi connectivity index (χ1n) is 7.52. The first-order valence-corrected chi connectivity index (χ1v) is 7.52. The van der Waals surface area contributed by atoms with Crippen molar-refractivity contribution >= 4 is 17.5 Å². The van der Waals surface area contributed by atoms with Gasteiger partial charge in [0.1, 0.15) is 6.04 Å². The number of hydrogen-bond acceptors (Lipinski definition) is 2. The van der Waals surface area contributed by atoms with Crippen molar-refractivity contribution in [3.8, 4) is 0 Å². The van der Waals surface area contributed by atoms with E-state index in [0.717, 1.165) is 11.1 Å². The zero-order valence-electron chi connectivity index (χ0n) is 13.0. The zero-order valence-corrected chi connectivity index (χ0v) is 13.0. The van der Waals surface area contributed by atoms with Gasteiger partial charge in [-0.1, -0.05) is 25.1 Å². The number of aryl methyl sites for hydroxylation is 2. The van der Waals surface area contributed by atoms with Crippen LogP contribution in [-0.4, -0.2) is 35.5 Å². The molecular formula is C16H19F3N2O2. The summed E-state index contributed by atoms with van der Waals surface area (Å²) >= 11 is 0. The minimum atomic E-state index is -4.96. The molecule has 1 aliphatic rings. The molecule has 1 aromatic carbocycles. The molecule has 4 nitrogen and oxygen atoms in total. The molecule has 1 unspecified atom stereocenters. The standard InChI is InChI=1S/C16H19F3N2O2/c1-3-11-7-4-6-10(2)13(11)20-14(22)12-8-5-9-21(12)15(23)16(17,18)19/h4,6-7,12H,3,5,8-9H2,1-2H3,(H,20,22). The van der Waals surface area contributed by atoms with Crippen molar-refractivity contribution < 1.29 is 22.8 Å². The normalized spacial score (nSPS) is 18.1. The van der Waals surface area contributed by atoms with E-state index in [1.54, 1.807) is 0 Å². The summed E-state index contributed by atoms with van der Waals surface area (Å²) in [5.41, 5.74) is 2.36. The molecule has 1 saturated heterocycles. The van der Waals surface area contributed by atoms with Crippen LogP contribution >= 0.6 is 0 Å². The van der Waals surface area contributed by atoms with Crippen molar-refractivity contribution in [1.29, 1.82) is 0 Å². The number of hydrogen-bond donors (Lipinski definition) is 1. The number of para-hydroxylation sites is 1. The Morgan fingerprint density at radius 1 is 1.35 bits per heavy atom. The second-order valence-corrected chi connectivity index (χ2v) is 5.61. The average Bonchev–Trinajstić information content (AvgIpc) is 2.96. The molecule has 0 radical (unpaired) electrons. The van der Waals surface area contributed by atoms with Gasteiger partial charge in [0.2, 0.25) is 5.91 Å². The van der Waals surface area contributed by atoms with E-state index in [4.69, 9.17) is 0 Å². The lowest BCUT2D eigenvalue weighted by Crippen LogP contribution is -2.48. The number of anilines is 1. The van der Waals surface area contributed by atoms with Crippen molar-refractivity contribution in [2.45, 2.75) is 45.3 Å². The minimum Gasteiger partial charge on any atom is -0.324 e. The zero-order chi connectivity index (χ0) is 17.2. The molecule has 1 N–H and O–H groups in total. The highest BCUT2D eigenvalue weighted by molar-refractivity contribution is 5.99. The highest BCUT2D eigenvalue weighted by Crippen LogP contribution is 2.27. The lowest BCUT2D eigenvalue weighted by atomic mass is 10.1. The predicted octanol–water partition coefficient (Wildman–Crippen LogP) is 3.05. The highest BCUT2D eigenvalue weighted by Gasteiger charge is 2.47. The topological polar surface area (TPSA) is 49.4 Å². The Morgan fingerprint density at radius 3 is 2.65 bits per heavy atom. The van der Waals surface area contributed by atoms with Crippen LogP contribution in [0.15, 0.2) is 18.2 Å². The Morgan fingerprint density at radius 2 is 2.04 bits per heavy atom. The van der Waals surface area contributed by atoms with Gasteiger partial charge in [0, 0.05) is 12.2 Å². The van der Waals surface area contributed by atoms with E-state index < -0.39 is 24.0 Å². The molecule has 0 saturated carbocycles. The molecule has 23 heavy (non-hydrogen) atoms. The molecule has 2 rings (SSSR count). The fraction of sp³-hybridized carbons (Fsp3) is 0.500. The van der Waals surface area contributed by atoms with Crippen LogP contribution in [-0.2, 0) is 16.0 Å². The number of amides is 2. The summed E-state index contributed by atoms with van der Waals surface area (Å²) in [7, 11) is 0. The van der Waals surface area contributed by atoms with E-state index in [1.807, 2.05) is 32.0 Å². The Kier molecular flexibility index (Phi) is 4.97. The number of halogens is 3. The molecule has 0 bridgehead atoms. The molecule has 126 valence electrons. The van der Waals surface area contributed by atoms with Gasteiger partial charge in [0.15, 0.2) is 0 Å². The average molecular weight is 328 g/mol. The summed E-state index contributed by atoms with van der Waals surface area (Å²) in [5.74, 6) is -2.51. The van der Waals surface area contributed by atoms with Gasteiger partial charge >= 0.3 is 12.1 Å². The number of likely N-dealkylation sites (tertiary alicyclic amines) is 1. The van der Waals surface area contributed by atoms with Crippen molar-refractivity contribution in [3.05, 3.63) is 29.3 Å². The number of alkyl halides is 3. The molecule has 1 atom stereocenters. The lowest BCUT2D eigenvalue weighted by Gasteiger charge is -2.25. The van der Waals surface area contributed by atoms with Gasteiger partial charge in [-0.3, -0.25) is 9.59 Å². The highest BCUT2D eigenvalue weighted by atomic mass is 19.4. The largest absolute Gasteiger partial charge is 0.471 e. The van der Waals surface area contributed by atoms with Crippen LogP contribution in [0.3, 0.4) is 0 Å². The number of nitrogens with zero attached hydrogens (tertiary/aromatic N) is 1. The lowest BCUT2D eigenvalue weighted by molar-refractivity contribution is -0.186. The van der Waals surface area contributed by atoms with E-state index in [0.29, 0.717) is 23.4 Å². The van der Waals surface area contributed by atoms with Crippen LogP contribution in [0.1, 0.15) is 30.9 Å². The Bertz CT molecular complexity index is 614. The molecule has 2 amide bonds. The Labute approximate surface area is 132 Å². The van der Waals surface area contributed by atoms with Crippen LogP contribution in [0.25, 0.3) is 0 Å². The number of rotatable bonds is 3. The van der Waals surface area contributed by atoms with Gasteiger partial charge in [-0.05, 0) is 37.3 Å². The van der Waals surface area contributed by atoms with E-state index >= 15 is 0 Å². The monoisotopic (exact) mass is 328 g/mol. The van der Waals surface area contributed by atoms with Gasteiger partial charge in [-0.15, -0.1) is 0 Å². The smallest absolute Gasteiger partial charge is 0.324 e.